The number of hydrogen-bond donors (Lipinski definition) is 2. The zero-order chi connectivity index (χ0) is 12.3. The maximum absolute atomic E-state index is 11.9. The van der Waals surface area contributed by atoms with E-state index in [1.807, 2.05) is 0 Å². The van der Waals surface area contributed by atoms with Crippen LogP contribution in [0.5, 0.6) is 0 Å². The fraction of sp³-hybridized carbons (Fsp3) is 0.273. The Hall–Kier alpha value is -1.33. The lowest BCUT2D eigenvalue weighted by atomic mass is 10.2. The zero-order valence-electron chi connectivity index (χ0n) is 9.45. The quantitative estimate of drug-likeness (QED) is 0.617. The van der Waals surface area contributed by atoms with Gasteiger partial charge in [-0.25, -0.2) is 13.1 Å². The molecule has 0 radical (unpaired) electrons. The van der Waals surface area contributed by atoms with Gasteiger partial charge >= 0.3 is 0 Å². The van der Waals surface area contributed by atoms with Crippen molar-refractivity contribution in [3.05, 3.63) is 35.9 Å². The summed E-state index contributed by atoms with van der Waals surface area (Å²) in [7, 11) is -3.50. The Morgan fingerprint density at radius 2 is 2.12 bits per heavy atom. The molecule has 0 spiro atoms. The molecule has 0 fully saturated rings. The van der Waals surface area contributed by atoms with E-state index in [2.05, 4.69) is 11.3 Å². The summed E-state index contributed by atoms with van der Waals surface area (Å²) in [5.41, 5.74) is 7.43. The fourth-order valence-corrected chi connectivity index (χ4v) is 2.58. The van der Waals surface area contributed by atoms with Crippen LogP contribution in [-0.4, -0.2) is 15.0 Å². The minimum atomic E-state index is -3.50. The third kappa shape index (κ3) is 3.08. The van der Waals surface area contributed by atoms with E-state index >= 15 is 0 Å². The number of benzene rings is 1. The third-order valence-corrected chi connectivity index (χ3v) is 3.61. The van der Waals surface area contributed by atoms with Crippen molar-refractivity contribution in [1.29, 1.82) is 0 Å². The molecule has 0 unspecified atom stereocenters. The van der Waals surface area contributed by atoms with Crippen molar-refractivity contribution in [1.82, 2.24) is 4.72 Å². The number of nitrogen functional groups attached to an aromatic ring is 1. The summed E-state index contributed by atoms with van der Waals surface area (Å²) in [6, 6.07) is 4.81. The van der Waals surface area contributed by atoms with Crippen LogP contribution in [-0.2, 0) is 10.0 Å². The van der Waals surface area contributed by atoms with Crippen LogP contribution in [0, 0.1) is 6.92 Å². The molecule has 1 aromatic rings. The van der Waals surface area contributed by atoms with Crippen molar-refractivity contribution >= 4 is 15.7 Å². The Morgan fingerprint density at radius 3 is 2.69 bits per heavy atom. The molecule has 5 heteroatoms. The number of rotatable bonds is 4. The van der Waals surface area contributed by atoms with Gasteiger partial charge in [-0.15, -0.1) is 0 Å². The van der Waals surface area contributed by atoms with Gasteiger partial charge in [-0.3, -0.25) is 0 Å². The second kappa shape index (κ2) is 4.67. The lowest BCUT2D eigenvalue weighted by Crippen LogP contribution is -2.26. The van der Waals surface area contributed by atoms with Gasteiger partial charge in [0.2, 0.25) is 10.0 Å². The average Bonchev–Trinajstić information content (AvgIpc) is 2.19. The lowest BCUT2D eigenvalue weighted by Gasteiger charge is -2.09. The van der Waals surface area contributed by atoms with E-state index in [1.54, 1.807) is 26.0 Å². The molecule has 0 aliphatic carbocycles. The number of aryl methyl sites for hydroxylation is 1. The summed E-state index contributed by atoms with van der Waals surface area (Å²) in [5.74, 6) is 0. The van der Waals surface area contributed by atoms with Gasteiger partial charge in [0, 0.05) is 12.2 Å². The van der Waals surface area contributed by atoms with Gasteiger partial charge in [-0.1, -0.05) is 18.2 Å². The monoisotopic (exact) mass is 240 g/mol. The van der Waals surface area contributed by atoms with E-state index in [1.165, 1.54) is 6.07 Å². The van der Waals surface area contributed by atoms with E-state index in [9.17, 15) is 8.42 Å². The Morgan fingerprint density at radius 1 is 1.50 bits per heavy atom. The minimum Gasteiger partial charge on any atom is -0.399 e. The maximum atomic E-state index is 11.9. The van der Waals surface area contributed by atoms with Gasteiger partial charge in [0.25, 0.3) is 0 Å². The molecule has 16 heavy (non-hydrogen) atoms. The molecule has 0 aromatic heterocycles. The highest BCUT2D eigenvalue weighted by Gasteiger charge is 2.16. The van der Waals surface area contributed by atoms with Crippen LogP contribution in [0.3, 0.4) is 0 Å². The number of sulfonamides is 1. The summed E-state index contributed by atoms with van der Waals surface area (Å²) in [6.07, 6.45) is 0. The van der Waals surface area contributed by atoms with E-state index in [0.29, 0.717) is 11.3 Å². The fourth-order valence-electron chi connectivity index (χ4n) is 1.20. The molecule has 0 aliphatic heterocycles. The molecule has 0 heterocycles. The van der Waals surface area contributed by atoms with E-state index < -0.39 is 10.0 Å². The van der Waals surface area contributed by atoms with Gasteiger partial charge in [0.15, 0.2) is 0 Å². The van der Waals surface area contributed by atoms with Gasteiger partial charge in [-0.2, -0.15) is 0 Å². The average molecular weight is 240 g/mol. The predicted octanol–water partition coefficient (Wildman–Crippen LogP) is 1.43. The van der Waals surface area contributed by atoms with Crippen molar-refractivity contribution in [3.63, 3.8) is 0 Å². The standard InChI is InChI=1S/C11H16N2O2S/c1-8(2)7-13-16(14,15)11-6-10(12)5-4-9(11)3/h4-6,13H,1,7,12H2,2-3H3. The number of nitrogens with two attached hydrogens (primary N) is 1. The van der Waals surface area contributed by atoms with Crippen molar-refractivity contribution in [3.8, 4) is 0 Å². The second-order valence-corrected chi connectivity index (χ2v) is 5.54. The summed E-state index contributed by atoms with van der Waals surface area (Å²) in [6.45, 7) is 7.36. The molecule has 0 saturated carbocycles. The van der Waals surface area contributed by atoms with Gasteiger partial charge in [0.05, 0.1) is 4.90 Å². The maximum Gasteiger partial charge on any atom is 0.241 e. The largest absolute Gasteiger partial charge is 0.399 e. The van der Waals surface area contributed by atoms with Gasteiger partial charge in [0.1, 0.15) is 0 Å². The molecule has 88 valence electrons. The Kier molecular flexibility index (Phi) is 3.72. The van der Waals surface area contributed by atoms with Crippen LogP contribution in [0.25, 0.3) is 0 Å². The third-order valence-electron chi connectivity index (χ3n) is 2.07. The zero-order valence-corrected chi connectivity index (χ0v) is 10.3. The summed E-state index contributed by atoms with van der Waals surface area (Å²) < 4.78 is 26.3. The first-order valence-electron chi connectivity index (χ1n) is 4.83. The highest BCUT2D eigenvalue weighted by molar-refractivity contribution is 7.89. The van der Waals surface area contributed by atoms with Crippen LogP contribution in [0.1, 0.15) is 12.5 Å². The first-order valence-corrected chi connectivity index (χ1v) is 6.31. The van der Waals surface area contributed by atoms with E-state index in [4.69, 9.17) is 5.73 Å². The van der Waals surface area contributed by atoms with Crippen molar-refractivity contribution in [2.24, 2.45) is 0 Å². The Labute approximate surface area is 96.2 Å². The minimum absolute atomic E-state index is 0.216. The first-order chi connectivity index (χ1) is 7.33. The Bertz CT molecular complexity index is 507. The molecule has 0 bridgehead atoms. The molecule has 0 atom stereocenters. The van der Waals surface area contributed by atoms with Gasteiger partial charge in [-0.05, 0) is 31.5 Å². The molecule has 1 rings (SSSR count). The topological polar surface area (TPSA) is 72.2 Å². The second-order valence-electron chi connectivity index (χ2n) is 3.81. The van der Waals surface area contributed by atoms with Crippen LogP contribution in [0.15, 0.2) is 35.2 Å². The van der Waals surface area contributed by atoms with E-state index in [-0.39, 0.29) is 11.4 Å². The lowest BCUT2D eigenvalue weighted by molar-refractivity contribution is 0.584. The highest BCUT2D eigenvalue weighted by atomic mass is 32.2. The van der Waals surface area contributed by atoms with Crippen LogP contribution in [0.2, 0.25) is 0 Å². The molecule has 0 saturated heterocycles. The van der Waals surface area contributed by atoms with Crippen molar-refractivity contribution < 1.29 is 8.42 Å². The SMILES string of the molecule is C=C(C)CNS(=O)(=O)c1cc(N)ccc1C. The molecule has 4 nitrogen and oxygen atoms in total. The van der Waals surface area contributed by atoms with Crippen LogP contribution in [0.4, 0.5) is 5.69 Å². The molecule has 1 aromatic carbocycles. The molecular weight excluding hydrogens is 224 g/mol. The summed E-state index contributed by atoms with van der Waals surface area (Å²) >= 11 is 0. The highest BCUT2D eigenvalue weighted by Crippen LogP contribution is 2.17. The molecule has 3 N–H and O–H groups in total. The van der Waals surface area contributed by atoms with E-state index in [0.717, 1.165) is 5.57 Å². The first kappa shape index (κ1) is 12.7. The summed E-state index contributed by atoms with van der Waals surface area (Å²) in [4.78, 5) is 0.216. The molecular formula is C11H16N2O2S. The van der Waals surface area contributed by atoms with Crippen LogP contribution >= 0.6 is 0 Å². The smallest absolute Gasteiger partial charge is 0.241 e. The van der Waals surface area contributed by atoms with Gasteiger partial charge < -0.3 is 5.73 Å². The van der Waals surface area contributed by atoms with Crippen molar-refractivity contribution in [2.75, 3.05) is 12.3 Å². The normalized spacial score (nSPS) is 11.4. The predicted molar refractivity (Wildman–Crippen MR) is 65.6 cm³/mol. The number of anilines is 1. The van der Waals surface area contributed by atoms with Crippen molar-refractivity contribution in [2.45, 2.75) is 18.7 Å². The molecule has 0 amide bonds. The number of hydrogen-bond acceptors (Lipinski definition) is 3. The molecule has 0 aliphatic rings. The Balaban J connectivity index is 3.07. The summed E-state index contributed by atoms with van der Waals surface area (Å²) in [5, 5.41) is 0. The van der Waals surface area contributed by atoms with Crippen LogP contribution < -0.4 is 10.5 Å². The number of nitrogens with one attached hydrogen (secondary N) is 1.